The minimum Gasteiger partial charge on any atom is -0.314 e. The third kappa shape index (κ3) is 4.77. The van der Waals surface area contributed by atoms with E-state index in [9.17, 15) is 4.39 Å². The van der Waals surface area contributed by atoms with Crippen LogP contribution < -0.4 is 5.32 Å². The number of hydrogen-bond acceptors (Lipinski definition) is 1. The fourth-order valence-corrected chi connectivity index (χ4v) is 2.68. The van der Waals surface area contributed by atoms with Gasteiger partial charge in [0.1, 0.15) is 5.82 Å². The molecule has 0 aliphatic heterocycles. The molecule has 19 heavy (non-hydrogen) atoms. The van der Waals surface area contributed by atoms with Gasteiger partial charge in [0.15, 0.2) is 0 Å². The summed E-state index contributed by atoms with van der Waals surface area (Å²) in [7, 11) is 0. The Morgan fingerprint density at radius 3 is 2.84 bits per heavy atom. The minimum absolute atomic E-state index is 0.178. The largest absolute Gasteiger partial charge is 0.314 e. The van der Waals surface area contributed by atoms with Crippen molar-refractivity contribution in [2.24, 2.45) is 5.92 Å². The van der Waals surface area contributed by atoms with Crippen LogP contribution in [0.3, 0.4) is 0 Å². The number of nitrogens with one attached hydrogen (secondary N) is 1. The van der Waals surface area contributed by atoms with E-state index in [0.717, 1.165) is 25.3 Å². The fourth-order valence-electron chi connectivity index (χ4n) is 2.44. The molecule has 0 heterocycles. The lowest BCUT2D eigenvalue weighted by molar-refractivity contribution is 0.445. The molecule has 1 aliphatic rings. The zero-order valence-corrected chi connectivity index (χ0v) is 12.3. The van der Waals surface area contributed by atoms with Crippen molar-refractivity contribution in [1.82, 2.24) is 5.32 Å². The number of halogens is 2. The highest BCUT2D eigenvalue weighted by molar-refractivity contribution is 6.31. The first kappa shape index (κ1) is 14.8. The molecule has 1 saturated carbocycles. The molecule has 0 amide bonds. The van der Waals surface area contributed by atoms with E-state index in [2.05, 4.69) is 12.2 Å². The maximum absolute atomic E-state index is 13.8. The third-order valence-corrected chi connectivity index (χ3v) is 4.17. The molecule has 106 valence electrons. The molecule has 1 unspecified atom stereocenters. The summed E-state index contributed by atoms with van der Waals surface area (Å²) in [5, 5.41) is 4.08. The molecule has 1 aromatic rings. The van der Waals surface area contributed by atoms with Crippen molar-refractivity contribution in [2.45, 2.75) is 51.5 Å². The van der Waals surface area contributed by atoms with Crippen LogP contribution in [0.2, 0.25) is 5.02 Å². The van der Waals surface area contributed by atoms with Crippen LogP contribution in [0.5, 0.6) is 0 Å². The van der Waals surface area contributed by atoms with Crippen molar-refractivity contribution in [3.63, 3.8) is 0 Å². The van der Waals surface area contributed by atoms with Crippen LogP contribution in [0.4, 0.5) is 4.39 Å². The Bertz CT molecular complexity index is 383. The SMILES string of the molecule is CCCNC(CCC1CC1)Cc1c(F)cccc1Cl. The highest BCUT2D eigenvalue weighted by atomic mass is 35.5. The summed E-state index contributed by atoms with van der Waals surface area (Å²) in [6.45, 7) is 3.14. The van der Waals surface area contributed by atoms with Crippen LogP contribution in [-0.4, -0.2) is 12.6 Å². The van der Waals surface area contributed by atoms with E-state index in [1.165, 1.54) is 25.3 Å². The number of benzene rings is 1. The number of hydrogen-bond donors (Lipinski definition) is 1. The third-order valence-electron chi connectivity index (χ3n) is 3.82. The summed E-state index contributed by atoms with van der Waals surface area (Å²) >= 11 is 6.11. The van der Waals surface area contributed by atoms with Crippen molar-refractivity contribution < 1.29 is 4.39 Å². The van der Waals surface area contributed by atoms with E-state index in [0.29, 0.717) is 23.0 Å². The molecule has 1 aromatic carbocycles. The first-order chi connectivity index (χ1) is 9.20. The Kier molecular flexibility index (Phi) is 5.65. The van der Waals surface area contributed by atoms with Gasteiger partial charge in [0, 0.05) is 16.6 Å². The average Bonchev–Trinajstić information content (AvgIpc) is 3.20. The summed E-state index contributed by atoms with van der Waals surface area (Å²) in [4.78, 5) is 0. The van der Waals surface area contributed by atoms with E-state index in [-0.39, 0.29) is 5.82 Å². The number of rotatable bonds is 8. The fraction of sp³-hybridized carbons (Fsp3) is 0.625. The molecule has 1 N–H and O–H groups in total. The first-order valence-electron chi connectivity index (χ1n) is 7.37. The van der Waals surface area contributed by atoms with Crippen molar-refractivity contribution >= 4 is 11.6 Å². The zero-order valence-electron chi connectivity index (χ0n) is 11.6. The molecule has 1 atom stereocenters. The van der Waals surface area contributed by atoms with Crippen LogP contribution in [0.1, 0.15) is 44.6 Å². The van der Waals surface area contributed by atoms with Crippen LogP contribution >= 0.6 is 11.6 Å². The van der Waals surface area contributed by atoms with Gasteiger partial charge in [-0.1, -0.05) is 37.4 Å². The molecule has 1 aliphatic carbocycles. The van der Waals surface area contributed by atoms with E-state index < -0.39 is 0 Å². The van der Waals surface area contributed by atoms with Crippen molar-refractivity contribution in [2.75, 3.05) is 6.54 Å². The van der Waals surface area contributed by atoms with Crippen LogP contribution in [-0.2, 0) is 6.42 Å². The molecule has 1 nitrogen and oxygen atoms in total. The topological polar surface area (TPSA) is 12.0 Å². The predicted molar refractivity (Wildman–Crippen MR) is 79.2 cm³/mol. The molecule has 0 aromatic heterocycles. The van der Waals surface area contributed by atoms with Gasteiger partial charge in [0.05, 0.1) is 0 Å². The van der Waals surface area contributed by atoms with Crippen LogP contribution in [0.15, 0.2) is 18.2 Å². The molecule has 2 rings (SSSR count). The van der Waals surface area contributed by atoms with Crippen molar-refractivity contribution in [3.8, 4) is 0 Å². The van der Waals surface area contributed by atoms with Gasteiger partial charge in [-0.15, -0.1) is 0 Å². The molecule has 0 saturated heterocycles. The minimum atomic E-state index is -0.178. The Balaban J connectivity index is 1.96. The lowest BCUT2D eigenvalue weighted by Gasteiger charge is -2.19. The molecule has 0 bridgehead atoms. The maximum Gasteiger partial charge on any atom is 0.127 e. The standard InChI is InChI=1S/C16H23ClFN/c1-2-10-19-13(9-8-12-6-7-12)11-14-15(17)4-3-5-16(14)18/h3-5,12-13,19H,2,6-11H2,1H3. The monoisotopic (exact) mass is 283 g/mol. The predicted octanol–water partition coefficient (Wildman–Crippen LogP) is 4.58. The normalized spacial score (nSPS) is 16.6. The van der Waals surface area contributed by atoms with Gasteiger partial charge >= 0.3 is 0 Å². The molecular weight excluding hydrogens is 261 g/mol. The van der Waals surface area contributed by atoms with Gasteiger partial charge in [-0.2, -0.15) is 0 Å². The highest BCUT2D eigenvalue weighted by Crippen LogP contribution is 2.34. The van der Waals surface area contributed by atoms with Crippen molar-refractivity contribution in [1.29, 1.82) is 0 Å². The first-order valence-corrected chi connectivity index (χ1v) is 7.74. The van der Waals surface area contributed by atoms with Gasteiger partial charge in [0.2, 0.25) is 0 Å². The lowest BCUT2D eigenvalue weighted by Crippen LogP contribution is -2.32. The summed E-state index contributed by atoms with van der Waals surface area (Å²) in [5.74, 6) is 0.740. The lowest BCUT2D eigenvalue weighted by atomic mass is 9.99. The van der Waals surface area contributed by atoms with Gasteiger partial charge in [0.25, 0.3) is 0 Å². The zero-order chi connectivity index (χ0) is 13.7. The van der Waals surface area contributed by atoms with E-state index >= 15 is 0 Å². The summed E-state index contributed by atoms with van der Waals surface area (Å²) in [6.07, 6.45) is 6.92. The van der Waals surface area contributed by atoms with Crippen LogP contribution in [0.25, 0.3) is 0 Å². The van der Waals surface area contributed by atoms with Gasteiger partial charge in [-0.05, 0) is 50.3 Å². The van der Waals surface area contributed by atoms with E-state index in [1.807, 2.05) is 0 Å². The highest BCUT2D eigenvalue weighted by Gasteiger charge is 2.23. The van der Waals surface area contributed by atoms with Crippen LogP contribution in [0, 0.1) is 11.7 Å². The second-order valence-electron chi connectivity index (χ2n) is 5.58. The van der Waals surface area contributed by atoms with E-state index in [1.54, 1.807) is 12.1 Å². The van der Waals surface area contributed by atoms with Gasteiger partial charge in [-0.3, -0.25) is 0 Å². The van der Waals surface area contributed by atoms with Crippen molar-refractivity contribution in [3.05, 3.63) is 34.6 Å². The van der Waals surface area contributed by atoms with Gasteiger partial charge in [-0.25, -0.2) is 4.39 Å². The average molecular weight is 284 g/mol. The second kappa shape index (κ2) is 7.25. The molecule has 0 radical (unpaired) electrons. The Morgan fingerprint density at radius 1 is 1.42 bits per heavy atom. The summed E-state index contributed by atoms with van der Waals surface area (Å²) in [6, 6.07) is 5.28. The van der Waals surface area contributed by atoms with E-state index in [4.69, 9.17) is 11.6 Å². The molecule has 0 spiro atoms. The Hall–Kier alpha value is -0.600. The quantitative estimate of drug-likeness (QED) is 0.736. The maximum atomic E-state index is 13.8. The second-order valence-corrected chi connectivity index (χ2v) is 5.98. The molecular formula is C16H23ClFN. The van der Waals surface area contributed by atoms with Gasteiger partial charge < -0.3 is 5.32 Å². The Morgan fingerprint density at radius 2 is 2.21 bits per heavy atom. The molecule has 1 fully saturated rings. The summed E-state index contributed by atoms with van der Waals surface area (Å²) < 4.78 is 13.8. The summed E-state index contributed by atoms with van der Waals surface area (Å²) in [5.41, 5.74) is 0.661. The smallest absolute Gasteiger partial charge is 0.127 e. The molecule has 3 heteroatoms. The Labute approximate surface area is 120 Å².